The highest BCUT2D eigenvalue weighted by Gasteiger charge is 2.69. The summed E-state index contributed by atoms with van der Waals surface area (Å²) in [4.78, 5) is 19.5. The first-order chi connectivity index (χ1) is 23.0. The lowest BCUT2D eigenvalue weighted by Gasteiger charge is -2.71. The van der Waals surface area contributed by atoms with Crippen molar-refractivity contribution in [1.82, 2.24) is 9.80 Å². The topological polar surface area (TPSA) is 55.8 Å². The zero-order valence-electron chi connectivity index (χ0n) is 30.9. The monoisotopic (exact) mass is 815 g/mol. The van der Waals surface area contributed by atoms with Gasteiger partial charge < -0.3 is 20.2 Å². The van der Waals surface area contributed by atoms with Crippen molar-refractivity contribution < 1.29 is 9.90 Å². The Morgan fingerprint density at radius 3 is 2.29 bits per heavy atom. The largest absolute Gasteiger partial charge is 0.393 e. The fourth-order valence-electron chi connectivity index (χ4n) is 13.1. The Labute approximate surface area is 318 Å². The molecule has 270 valence electrons. The highest BCUT2D eigenvalue weighted by atomic mass is 79.9. The van der Waals surface area contributed by atoms with Crippen LogP contribution in [0, 0.1) is 56.7 Å². The van der Waals surface area contributed by atoms with Crippen molar-refractivity contribution in [3.63, 3.8) is 0 Å². The second-order valence-electron chi connectivity index (χ2n) is 18.5. The van der Waals surface area contributed by atoms with E-state index in [1.807, 2.05) is 18.2 Å². The van der Waals surface area contributed by atoms with Crippen LogP contribution in [0.3, 0.4) is 0 Å². The fourth-order valence-corrected chi connectivity index (χ4v) is 14.5. The van der Waals surface area contributed by atoms with Crippen LogP contribution in [-0.2, 0) is 4.79 Å². The third kappa shape index (κ3) is 5.39. The van der Waals surface area contributed by atoms with Gasteiger partial charge >= 0.3 is 0 Å². The smallest absolute Gasteiger partial charge is 0.229 e. The first-order valence-corrected chi connectivity index (χ1v) is 21.2. The van der Waals surface area contributed by atoms with Crippen LogP contribution in [0.2, 0.25) is 0 Å². The van der Waals surface area contributed by atoms with Crippen LogP contribution in [0.5, 0.6) is 0 Å². The predicted octanol–water partition coefficient (Wildman–Crippen LogP) is 10.1. The Morgan fingerprint density at radius 1 is 0.898 bits per heavy atom. The van der Waals surface area contributed by atoms with Gasteiger partial charge in [-0.25, -0.2) is 0 Å². The molecule has 0 bridgehead atoms. The molecule has 1 aromatic carbocycles. The number of rotatable bonds is 2. The second kappa shape index (κ2) is 12.6. The van der Waals surface area contributed by atoms with E-state index in [9.17, 15) is 5.11 Å². The predicted molar refractivity (Wildman–Crippen MR) is 211 cm³/mol. The van der Waals surface area contributed by atoms with Gasteiger partial charge in [0, 0.05) is 35.1 Å². The summed E-state index contributed by atoms with van der Waals surface area (Å²) in [6.45, 7) is 20.4. The second-order valence-corrected chi connectivity index (χ2v) is 20.7. The molecule has 0 aromatic heterocycles. The molecule has 5 nitrogen and oxygen atoms in total. The summed E-state index contributed by atoms with van der Waals surface area (Å²) in [5.41, 5.74) is 2.79. The number of halogens is 2. The number of fused-ring (bicyclic) bond motifs is 7. The molecule has 5 fully saturated rings. The van der Waals surface area contributed by atoms with Gasteiger partial charge in [0.05, 0.1) is 17.2 Å². The molecular formula is C41H59Br2N3O2S. The van der Waals surface area contributed by atoms with Crippen LogP contribution in [0.1, 0.15) is 106 Å². The Bertz CT molecular complexity index is 1540. The highest BCUT2D eigenvalue weighted by molar-refractivity contribution is 9.11. The van der Waals surface area contributed by atoms with Crippen LogP contribution in [-0.4, -0.2) is 58.2 Å². The zero-order chi connectivity index (χ0) is 35.3. The van der Waals surface area contributed by atoms with Crippen molar-refractivity contribution in [2.24, 2.45) is 56.7 Å². The van der Waals surface area contributed by atoms with Crippen molar-refractivity contribution in [2.75, 3.05) is 31.5 Å². The quantitative estimate of drug-likeness (QED) is 0.230. The van der Waals surface area contributed by atoms with E-state index >= 15 is 4.79 Å². The number of nitrogens with one attached hydrogen (secondary N) is 1. The number of carbonyl (C=O) groups excluding carboxylic acids is 1. The summed E-state index contributed by atoms with van der Waals surface area (Å²) >= 11 is 13.0. The third-order valence-corrected chi connectivity index (χ3v) is 17.9. The minimum atomic E-state index is -0.304. The summed E-state index contributed by atoms with van der Waals surface area (Å²) in [7, 11) is 0. The molecule has 6 aliphatic rings. The average molecular weight is 818 g/mol. The molecule has 0 unspecified atom stereocenters. The molecule has 1 heterocycles. The zero-order valence-corrected chi connectivity index (χ0v) is 34.9. The van der Waals surface area contributed by atoms with Crippen molar-refractivity contribution in [2.45, 2.75) is 112 Å². The molecule has 8 heteroatoms. The van der Waals surface area contributed by atoms with E-state index < -0.39 is 0 Å². The molecule has 2 N–H and O–H groups in total. The lowest BCUT2D eigenvalue weighted by atomic mass is 9.33. The molecule has 1 aliphatic heterocycles. The van der Waals surface area contributed by atoms with Crippen LogP contribution in [0.25, 0.3) is 0 Å². The van der Waals surface area contributed by atoms with E-state index in [1.54, 1.807) is 5.57 Å². The van der Waals surface area contributed by atoms with Crippen LogP contribution in [0.15, 0.2) is 38.8 Å². The minimum Gasteiger partial charge on any atom is -0.393 e. The van der Waals surface area contributed by atoms with Crippen molar-refractivity contribution >= 4 is 60.8 Å². The first-order valence-electron chi connectivity index (χ1n) is 19.2. The molecule has 4 saturated carbocycles. The van der Waals surface area contributed by atoms with Crippen LogP contribution < -0.4 is 5.32 Å². The summed E-state index contributed by atoms with van der Waals surface area (Å²) in [5.74, 6) is 3.00. The van der Waals surface area contributed by atoms with Gasteiger partial charge in [-0.05, 0) is 155 Å². The number of carbonyl (C=O) groups is 1. The van der Waals surface area contributed by atoms with Crippen LogP contribution >= 0.6 is 44.1 Å². The Balaban J connectivity index is 1.14. The summed E-state index contributed by atoms with van der Waals surface area (Å²) in [5, 5.41) is 15.3. The lowest BCUT2D eigenvalue weighted by Crippen LogP contribution is -2.66. The Hall–Kier alpha value is -0.960. The molecule has 10 atom stereocenters. The van der Waals surface area contributed by atoms with E-state index in [2.05, 4.69) is 102 Å². The number of hydrogen-bond acceptors (Lipinski definition) is 3. The molecule has 0 radical (unpaired) electrons. The summed E-state index contributed by atoms with van der Waals surface area (Å²) in [6, 6.07) is 6.06. The number of benzene rings is 1. The third-order valence-electron chi connectivity index (χ3n) is 16.4. The molecule has 0 spiro atoms. The SMILES string of the molecule is C[C@H]1[C@H](C)CC[C@]2(C(=O)N3CCN(C(=S)Nc4ccc(Br)cc4Br)CC3)CC[C@]3(C)C(=CC[C@@H]4[C@@]5(C)CC[C@H](O)C(C)(C)[C@@H]5CC[C@]43C)[C@H]12. The molecule has 49 heavy (non-hydrogen) atoms. The van der Waals surface area contributed by atoms with E-state index in [-0.39, 0.29) is 33.2 Å². The number of amides is 1. The lowest BCUT2D eigenvalue weighted by molar-refractivity contribution is -0.205. The number of thiocarbonyl (C=S) groups is 1. The Kier molecular flexibility index (Phi) is 9.34. The molecule has 7 rings (SSSR count). The van der Waals surface area contributed by atoms with Gasteiger partial charge in [0.25, 0.3) is 0 Å². The molecule has 1 saturated heterocycles. The molecular weight excluding hydrogens is 758 g/mol. The van der Waals surface area contributed by atoms with Gasteiger partial charge in [0.15, 0.2) is 5.11 Å². The number of allylic oxidation sites excluding steroid dienone is 2. The number of piperazine rings is 1. The van der Waals surface area contributed by atoms with Crippen molar-refractivity contribution in [1.29, 1.82) is 0 Å². The van der Waals surface area contributed by atoms with Gasteiger partial charge in [-0.2, -0.15) is 0 Å². The van der Waals surface area contributed by atoms with Crippen molar-refractivity contribution in [3.05, 3.63) is 38.8 Å². The number of nitrogens with zero attached hydrogens (tertiary/aromatic N) is 2. The van der Waals surface area contributed by atoms with E-state index in [1.165, 1.54) is 12.8 Å². The van der Waals surface area contributed by atoms with Gasteiger partial charge in [0.2, 0.25) is 5.91 Å². The molecule has 1 amide bonds. The van der Waals surface area contributed by atoms with Gasteiger partial charge in [0.1, 0.15) is 0 Å². The Morgan fingerprint density at radius 2 is 1.59 bits per heavy atom. The van der Waals surface area contributed by atoms with Gasteiger partial charge in [-0.3, -0.25) is 4.79 Å². The first kappa shape index (κ1) is 36.4. The maximum absolute atomic E-state index is 15.1. The maximum Gasteiger partial charge on any atom is 0.229 e. The van der Waals surface area contributed by atoms with E-state index in [0.717, 1.165) is 85.8 Å². The maximum atomic E-state index is 15.1. The highest BCUT2D eigenvalue weighted by Crippen LogP contribution is 2.76. The van der Waals surface area contributed by atoms with Gasteiger partial charge in [-0.15, -0.1) is 0 Å². The fraction of sp³-hybridized carbons (Fsp3) is 0.756. The number of anilines is 1. The van der Waals surface area contributed by atoms with E-state index in [0.29, 0.717) is 40.6 Å². The van der Waals surface area contributed by atoms with E-state index in [4.69, 9.17) is 12.2 Å². The summed E-state index contributed by atoms with van der Waals surface area (Å²) in [6.07, 6.45) is 12.4. The minimum absolute atomic E-state index is 0.0414. The van der Waals surface area contributed by atoms with Crippen LogP contribution in [0.4, 0.5) is 5.69 Å². The van der Waals surface area contributed by atoms with Crippen molar-refractivity contribution in [3.8, 4) is 0 Å². The normalized spacial score (nSPS) is 42.9. The number of hydrogen-bond donors (Lipinski definition) is 2. The number of aliphatic hydroxyl groups excluding tert-OH is 1. The summed E-state index contributed by atoms with van der Waals surface area (Å²) < 4.78 is 1.98. The molecule has 5 aliphatic carbocycles. The molecule has 1 aromatic rings. The average Bonchev–Trinajstić information content (AvgIpc) is 3.06. The van der Waals surface area contributed by atoms with Gasteiger partial charge in [-0.1, -0.05) is 76.0 Å². The number of aliphatic hydroxyl groups is 1. The standard InChI is InChI=1S/C41H59Br2N3O2S/c1-25-12-17-41(35(48)45-20-22-46(23-21-45)36(49)44-30-10-8-27(42)24-29(30)43)19-18-39(6)28(34(41)26(25)2)9-11-32-38(5)15-14-33(47)37(3,4)31(38)13-16-40(32,39)7/h8-10,24-26,31-34,47H,11-23H2,1-7H3,(H,44,49)/t25-,26+,31+,32-,33+,34+,38+,39-,40-,41+/m1/s1.